The van der Waals surface area contributed by atoms with Crippen molar-refractivity contribution < 1.29 is 9.90 Å². The Morgan fingerprint density at radius 3 is 2.00 bits per heavy atom. The van der Waals surface area contributed by atoms with Crippen LogP contribution in [-0.2, 0) is 4.79 Å². The summed E-state index contributed by atoms with van der Waals surface area (Å²) in [6, 6.07) is 0. The van der Waals surface area contributed by atoms with Crippen molar-refractivity contribution in [2.24, 2.45) is 0 Å². The molecule has 0 saturated heterocycles. The molecule has 0 fully saturated rings. The molecule has 0 atom stereocenters. The van der Waals surface area contributed by atoms with Gasteiger partial charge < -0.3 is 9.90 Å². The third kappa shape index (κ3) is 23.2. The third-order valence-electron chi connectivity index (χ3n) is 2.23. The van der Waals surface area contributed by atoms with Crippen LogP contribution in [0.25, 0.3) is 0 Å². The number of carbonyl (C=O) groups excluding carboxylic acids is 1. The van der Waals surface area contributed by atoms with Crippen LogP contribution in [-0.4, -0.2) is 5.97 Å². The van der Waals surface area contributed by atoms with Crippen LogP contribution in [0, 0.1) is 0 Å². The fourth-order valence-corrected chi connectivity index (χ4v) is 1.25. The Bertz CT molecular complexity index is 153. The molecule has 0 aromatic carbocycles. The molecule has 16 heavy (non-hydrogen) atoms. The Kier molecular flexibility index (Phi) is 18.3. The standard InChI is InChI=1S/C9H18O2.C5H10/c1-2-3-4-5-6-7-8-9(10)11;1-3-5-4-2/h2-8H2,1H3,(H,10,11);3H,1,4-5H2,2H3/p-1. The van der Waals surface area contributed by atoms with Gasteiger partial charge in [-0.3, -0.25) is 0 Å². The summed E-state index contributed by atoms with van der Waals surface area (Å²) in [6.07, 6.45) is 11.3. The Morgan fingerprint density at radius 2 is 1.62 bits per heavy atom. The minimum atomic E-state index is -0.916. The van der Waals surface area contributed by atoms with Gasteiger partial charge in [-0.15, -0.1) is 6.58 Å². The van der Waals surface area contributed by atoms with E-state index in [0.717, 1.165) is 19.3 Å². The summed E-state index contributed by atoms with van der Waals surface area (Å²) in [5, 5.41) is 9.98. The minimum absolute atomic E-state index is 0.228. The second-order valence-corrected chi connectivity index (χ2v) is 3.97. The maximum absolute atomic E-state index is 9.98. The predicted octanol–water partition coefficient (Wildman–Crippen LogP) is 3.46. The van der Waals surface area contributed by atoms with Gasteiger partial charge in [0.1, 0.15) is 0 Å². The van der Waals surface area contributed by atoms with E-state index in [1.807, 2.05) is 6.08 Å². The second kappa shape index (κ2) is 16.6. The third-order valence-corrected chi connectivity index (χ3v) is 2.23. The van der Waals surface area contributed by atoms with Gasteiger partial charge in [-0.1, -0.05) is 58.4 Å². The first kappa shape index (κ1) is 17.6. The largest absolute Gasteiger partial charge is 0.550 e. The summed E-state index contributed by atoms with van der Waals surface area (Å²) in [5.41, 5.74) is 0. The van der Waals surface area contributed by atoms with E-state index in [9.17, 15) is 9.90 Å². The fourth-order valence-electron chi connectivity index (χ4n) is 1.25. The molecule has 2 heteroatoms. The van der Waals surface area contributed by atoms with Crippen LogP contribution in [0.15, 0.2) is 12.7 Å². The lowest BCUT2D eigenvalue weighted by molar-refractivity contribution is -0.305. The van der Waals surface area contributed by atoms with Gasteiger partial charge in [-0.2, -0.15) is 0 Å². The van der Waals surface area contributed by atoms with Gasteiger partial charge in [-0.25, -0.2) is 0 Å². The van der Waals surface area contributed by atoms with Crippen LogP contribution in [0.5, 0.6) is 0 Å². The lowest BCUT2D eigenvalue weighted by Gasteiger charge is -2.00. The SMILES string of the molecule is C=CCCC.CCCCCCCCC(=O)[O-]. The van der Waals surface area contributed by atoms with Crippen LogP contribution in [0.1, 0.15) is 71.6 Å². The quantitative estimate of drug-likeness (QED) is 0.447. The molecule has 0 aliphatic rings. The zero-order valence-electron chi connectivity index (χ0n) is 11.0. The number of aliphatic carboxylic acids is 1. The van der Waals surface area contributed by atoms with Crippen molar-refractivity contribution in [2.45, 2.75) is 71.6 Å². The molecule has 0 N–H and O–H groups in total. The van der Waals surface area contributed by atoms with Gasteiger partial charge in [0.25, 0.3) is 0 Å². The van der Waals surface area contributed by atoms with Crippen molar-refractivity contribution in [3.8, 4) is 0 Å². The van der Waals surface area contributed by atoms with Crippen LogP contribution < -0.4 is 5.11 Å². The first-order chi connectivity index (χ1) is 7.68. The Hall–Kier alpha value is -0.790. The van der Waals surface area contributed by atoms with Crippen molar-refractivity contribution in [3.63, 3.8) is 0 Å². The van der Waals surface area contributed by atoms with E-state index in [1.54, 1.807) is 0 Å². The lowest BCUT2D eigenvalue weighted by atomic mass is 10.1. The average molecular weight is 227 g/mol. The van der Waals surface area contributed by atoms with E-state index >= 15 is 0 Å². The van der Waals surface area contributed by atoms with Crippen LogP contribution in [0.4, 0.5) is 0 Å². The summed E-state index contributed by atoms with van der Waals surface area (Å²) in [6.45, 7) is 7.86. The molecule has 0 aromatic rings. The number of hydrogen-bond donors (Lipinski definition) is 0. The summed E-state index contributed by atoms with van der Waals surface area (Å²) < 4.78 is 0. The predicted molar refractivity (Wildman–Crippen MR) is 68.1 cm³/mol. The highest BCUT2D eigenvalue weighted by Gasteiger charge is 1.89. The van der Waals surface area contributed by atoms with Crippen molar-refractivity contribution in [3.05, 3.63) is 12.7 Å². The first-order valence-electron chi connectivity index (χ1n) is 6.49. The Labute approximate surface area is 101 Å². The molecule has 0 saturated carbocycles. The average Bonchev–Trinajstić information content (AvgIpc) is 2.25. The van der Waals surface area contributed by atoms with Gasteiger partial charge >= 0.3 is 0 Å². The van der Waals surface area contributed by atoms with Gasteiger partial charge in [0.2, 0.25) is 0 Å². The van der Waals surface area contributed by atoms with E-state index in [1.165, 1.54) is 32.1 Å². The lowest BCUT2D eigenvalue weighted by Crippen LogP contribution is -2.21. The minimum Gasteiger partial charge on any atom is -0.550 e. The molecular weight excluding hydrogens is 200 g/mol. The molecule has 0 amide bonds. The summed E-state index contributed by atoms with van der Waals surface area (Å²) in [7, 11) is 0. The van der Waals surface area contributed by atoms with Gasteiger partial charge in [0, 0.05) is 5.97 Å². The molecule has 0 unspecified atom stereocenters. The van der Waals surface area contributed by atoms with Crippen molar-refractivity contribution in [1.29, 1.82) is 0 Å². The zero-order chi connectivity index (χ0) is 12.6. The van der Waals surface area contributed by atoms with E-state index in [-0.39, 0.29) is 6.42 Å². The molecule has 0 spiro atoms. The summed E-state index contributed by atoms with van der Waals surface area (Å²) in [5.74, 6) is -0.916. The maximum atomic E-state index is 9.98. The fraction of sp³-hybridized carbons (Fsp3) is 0.786. The number of carboxylic acids is 1. The number of allylic oxidation sites excluding steroid dienone is 1. The number of hydrogen-bond acceptors (Lipinski definition) is 2. The van der Waals surface area contributed by atoms with E-state index < -0.39 is 5.97 Å². The number of carboxylic acid groups (broad SMARTS) is 1. The zero-order valence-corrected chi connectivity index (χ0v) is 11.0. The van der Waals surface area contributed by atoms with Gasteiger partial charge in [-0.05, 0) is 19.3 Å². The van der Waals surface area contributed by atoms with Gasteiger partial charge in [0.15, 0.2) is 0 Å². The molecule has 0 radical (unpaired) electrons. The normalized spacial score (nSPS) is 9.12. The smallest absolute Gasteiger partial charge is 0.0414 e. The number of rotatable bonds is 9. The maximum Gasteiger partial charge on any atom is 0.0414 e. The highest BCUT2D eigenvalue weighted by molar-refractivity contribution is 5.63. The monoisotopic (exact) mass is 227 g/mol. The highest BCUT2D eigenvalue weighted by Crippen LogP contribution is 2.05. The van der Waals surface area contributed by atoms with Crippen molar-refractivity contribution in [1.82, 2.24) is 0 Å². The molecule has 0 aliphatic carbocycles. The Balaban J connectivity index is 0. The van der Waals surface area contributed by atoms with Gasteiger partial charge in [0.05, 0.1) is 0 Å². The van der Waals surface area contributed by atoms with Crippen LogP contribution >= 0.6 is 0 Å². The highest BCUT2D eigenvalue weighted by atomic mass is 16.4. The Morgan fingerprint density at radius 1 is 1.06 bits per heavy atom. The number of unbranched alkanes of at least 4 members (excludes halogenated alkanes) is 6. The molecular formula is C14H27O2-. The molecule has 0 rings (SSSR count). The molecule has 0 aromatic heterocycles. The van der Waals surface area contributed by atoms with E-state index in [4.69, 9.17) is 0 Å². The topological polar surface area (TPSA) is 40.1 Å². The molecule has 0 bridgehead atoms. The molecule has 2 nitrogen and oxygen atoms in total. The summed E-state index contributed by atoms with van der Waals surface area (Å²) >= 11 is 0. The van der Waals surface area contributed by atoms with Crippen molar-refractivity contribution in [2.75, 3.05) is 0 Å². The molecule has 96 valence electrons. The van der Waals surface area contributed by atoms with E-state index in [2.05, 4.69) is 20.4 Å². The molecule has 0 aliphatic heterocycles. The van der Waals surface area contributed by atoms with Crippen molar-refractivity contribution >= 4 is 5.97 Å². The second-order valence-electron chi connectivity index (χ2n) is 3.97. The van der Waals surface area contributed by atoms with Crippen LogP contribution in [0.2, 0.25) is 0 Å². The molecule has 0 heterocycles. The first-order valence-corrected chi connectivity index (χ1v) is 6.49. The number of carbonyl (C=O) groups is 1. The van der Waals surface area contributed by atoms with E-state index in [0.29, 0.717) is 0 Å². The van der Waals surface area contributed by atoms with Crippen LogP contribution in [0.3, 0.4) is 0 Å². The summed E-state index contributed by atoms with van der Waals surface area (Å²) in [4.78, 5) is 9.98.